The van der Waals surface area contributed by atoms with E-state index in [0.717, 1.165) is 69.5 Å². The van der Waals surface area contributed by atoms with Gasteiger partial charge >= 0.3 is 0 Å². The number of likely N-dealkylation sites (tertiary alicyclic amines) is 2. The van der Waals surface area contributed by atoms with Gasteiger partial charge in [-0.15, -0.1) is 0 Å². The summed E-state index contributed by atoms with van der Waals surface area (Å²) in [6.07, 6.45) is 7.15. The third kappa shape index (κ3) is 4.25. The summed E-state index contributed by atoms with van der Waals surface area (Å²) < 4.78 is 5.37. The maximum Gasteiger partial charge on any atom is 0.257 e. The number of hydrogen-bond donors (Lipinski definition) is 1. The molecule has 5 rings (SSSR count). The predicted octanol–water partition coefficient (Wildman–Crippen LogP) is 2.82. The second kappa shape index (κ2) is 8.63. The number of carbonyl (C=O) groups is 1. The molecule has 1 amide bonds. The first-order chi connectivity index (χ1) is 15.2. The number of nitrogens with zero attached hydrogens (tertiary/aromatic N) is 5. The molecule has 8 heteroatoms. The summed E-state index contributed by atoms with van der Waals surface area (Å²) >= 11 is 0. The third-order valence-corrected chi connectivity index (χ3v) is 6.66. The second-order valence-corrected chi connectivity index (χ2v) is 8.66. The molecule has 0 atom stereocenters. The Morgan fingerprint density at radius 3 is 2.65 bits per heavy atom. The smallest absolute Gasteiger partial charge is 0.257 e. The molecule has 162 valence electrons. The maximum absolute atomic E-state index is 13.1. The first-order valence-corrected chi connectivity index (χ1v) is 11.1. The van der Waals surface area contributed by atoms with E-state index in [1.54, 1.807) is 12.4 Å². The summed E-state index contributed by atoms with van der Waals surface area (Å²) in [6, 6.07) is 7.86. The Morgan fingerprint density at radius 2 is 1.87 bits per heavy atom. The fraction of sp³-hybridized carbons (Fsp3) is 0.478. The fourth-order valence-electron chi connectivity index (χ4n) is 4.92. The molecule has 31 heavy (non-hydrogen) atoms. The summed E-state index contributed by atoms with van der Waals surface area (Å²) in [5.74, 6) is 1.33. The first kappa shape index (κ1) is 19.9. The molecule has 2 aliphatic heterocycles. The maximum atomic E-state index is 13.1. The molecule has 0 aromatic carbocycles. The minimum Gasteiger partial charge on any atom is -0.384 e. The number of nitrogen functional groups attached to an aromatic ring is 1. The van der Waals surface area contributed by atoms with Crippen LogP contribution in [0.3, 0.4) is 0 Å². The zero-order valence-corrected chi connectivity index (χ0v) is 17.6. The van der Waals surface area contributed by atoms with Gasteiger partial charge in [0.1, 0.15) is 5.82 Å². The van der Waals surface area contributed by atoms with Gasteiger partial charge in [-0.05, 0) is 68.6 Å². The number of nitrogens with two attached hydrogens (primary N) is 1. The molecular formula is C23H28N6O2. The molecule has 0 bridgehead atoms. The molecule has 0 unspecified atom stereocenters. The van der Waals surface area contributed by atoms with Crippen molar-refractivity contribution in [3.8, 4) is 0 Å². The largest absolute Gasteiger partial charge is 0.384 e. The molecule has 0 saturated carbocycles. The van der Waals surface area contributed by atoms with Gasteiger partial charge in [0.25, 0.3) is 5.71 Å². The number of rotatable bonds is 4. The standard InChI is InChI=1S/C23H28N6O2/c24-20-14-16(3-9-25-20)15-28-10-4-18(5-11-28)23(30)29-12-6-17(7-13-29)21-19-2-1-8-26-22(19)31-27-21/h1-3,8-9,14,17-18H,4-7,10-13,15H2,(H2,24,25). The summed E-state index contributed by atoms with van der Waals surface area (Å²) in [6.45, 7) is 4.31. The van der Waals surface area contributed by atoms with Crippen LogP contribution < -0.4 is 5.73 Å². The van der Waals surface area contributed by atoms with Crippen LogP contribution in [-0.4, -0.2) is 57.0 Å². The van der Waals surface area contributed by atoms with Crippen molar-refractivity contribution in [2.24, 2.45) is 5.92 Å². The number of piperidine rings is 2. The average molecular weight is 421 g/mol. The lowest BCUT2D eigenvalue weighted by Gasteiger charge is -2.37. The lowest BCUT2D eigenvalue weighted by molar-refractivity contribution is -0.138. The lowest BCUT2D eigenvalue weighted by Crippen LogP contribution is -2.45. The van der Waals surface area contributed by atoms with Crippen molar-refractivity contribution in [3.63, 3.8) is 0 Å². The molecule has 0 radical (unpaired) electrons. The molecule has 2 saturated heterocycles. The molecule has 2 fully saturated rings. The number of fused-ring (bicyclic) bond motifs is 1. The normalized spacial score (nSPS) is 19.2. The van der Waals surface area contributed by atoms with Gasteiger partial charge in [0, 0.05) is 43.9 Å². The van der Waals surface area contributed by atoms with Crippen LogP contribution >= 0.6 is 0 Å². The van der Waals surface area contributed by atoms with E-state index in [2.05, 4.69) is 24.9 Å². The van der Waals surface area contributed by atoms with Crippen molar-refractivity contribution in [1.29, 1.82) is 0 Å². The Hall–Kier alpha value is -3.00. The SMILES string of the molecule is Nc1cc(CN2CCC(C(=O)N3CCC(c4noc5ncccc45)CC3)CC2)ccn1. The zero-order valence-electron chi connectivity index (χ0n) is 17.6. The molecule has 2 N–H and O–H groups in total. The van der Waals surface area contributed by atoms with E-state index in [1.807, 2.05) is 24.3 Å². The van der Waals surface area contributed by atoms with Crippen LogP contribution in [-0.2, 0) is 11.3 Å². The summed E-state index contributed by atoms with van der Waals surface area (Å²) in [4.78, 5) is 25.8. The quantitative estimate of drug-likeness (QED) is 0.692. The van der Waals surface area contributed by atoms with Crippen LogP contribution in [0.1, 0.15) is 42.9 Å². The molecular weight excluding hydrogens is 392 g/mol. The van der Waals surface area contributed by atoms with Crippen LogP contribution in [0.25, 0.3) is 11.1 Å². The van der Waals surface area contributed by atoms with Gasteiger partial charge in [-0.3, -0.25) is 9.69 Å². The first-order valence-electron chi connectivity index (χ1n) is 11.1. The minimum absolute atomic E-state index is 0.132. The minimum atomic E-state index is 0.132. The van der Waals surface area contributed by atoms with Crippen LogP contribution in [0.15, 0.2) is 41.2 Å². The van der Waals surface area contributed by atoms with Crippen LogP contribution in [0, 0.1) is 5.92 Å². The van der Waals surface area contributed by atoms with E-state index in [1.165, 1.54) is 5.56 Å². The van der Waals surface area contributed by atoms with Crippen molar-refractivity contribution in [2.75, 3.05) is 31.9 Å². The van der Waals surface area contributed by atoms with E-state index >= 15 is 0 Å². The number of aromatic nitrogens is 3. The van der Waals surface area contributed by atoms with Crippen LogP contribution in [0.2, 0.25) is 0 Å². The fourth-order valence-corrected chi connectivity index (χ4v) is 4.92. The van der Waals surface area contributed by atoms with Crippen LogP contribution in [0.4, 0.5) is 5.82 Å². The predicted molar refractivity (Wildman–Crippen MR) is 117 cm³/mol. The Labute approximate surface area is 181 Å². The Balaban J connectivity index is 1.13. The second-order valence-electron chi connectivity index (χ2n) is 8.66. The van der Waals surface area contributed by atoms with Crippen molar-refractivity contribution >= 4 is 22.8 Å². The van der Waals surface area contributed by atoms with Crippen molar-refractivity contribution < 1.29 is 9.32 Å². The monoisotopic (exact) mass is 420 g/mol. The van der Waals surface area contributed by atoms with Gasteiger partial charge in [0.2, 0.25) is 5.91 Å². The summed E-state index contributed by atoms with van der Waals surface area (Å²) in [5.41, 5.74) is 8.54. The van der Waals surface area contributed by atoms with Crippen molar-refractivity contribution in [2.45, 2.75) is 38.1 Å². The number of hydrogen-bond acceptors (Lipinski definition) is 7. The Morgan fingerprint density at radius 1 is 1.06 bits per heavy atom. The number of amides is 1. The molecule has 2 aliphatic rings. The van der Waals surface area contributed by atoms with Gasteiger partial charge in [-0.25, -0.2) is 9.97 Å². The highest BCUT2D eigenvalue weighted by Gasteiger charge is 2.32. The highest BCUT2D eigenvalue weighted by Crippen LogP contribution is 2.33. The van der Waals surface area contributed by atoms with Gasteiger partial charge in [0.05, 0.1) is 11.1 Å². The van der Waals surface area contributed by atoms with Crippen molar-refractivity contribution in [3.05, 3.63) is 47.9 Å². The zero-order chi connectivity index (χ0) is 21.2. The topological polar surface area (TPSA) is 101 Å². The number of carbonyl (C=O) groups excluding carboxylic acids is 1. The van der Waals surface area contributed by atoms with Crippen LogP contribution in [0.5, 0.6) is 0 Å². The molecule has 3 aromatic rings. The van der Waals surface area contributed by atoms with Gasteiger partial charge in [-0.2, -0.15) is 0 Å². The summed E-state index contributed by atoms with van der Waals surface area (Å²) in [5, 5.41) is 5.26. The summed E-state index contributed by atoms with van der Waals surface area (Å²) in [7, 11) is 0. The molecule has 8 nitrogen and oxygen atoms in total. The van der Waals surface area contributed by atoms with E-state index in [-0.39, 0.29) is 5.92 Å². The van der Waals surface area contributed by atoms with E-state index < -0.39 is 0 Å². The van der Waals surface area contributed by atoms with Gasteiger partial charge in [0.15, 0.2) is 0 Å². The van der Waals surface area contributed by atoms with Gasteiger partial charge in [-0.1, -0.05) is 5.16 Å². The van der Waals surface area contributed by atoms with Crippen molar-refractivity contribution in [1.82, 2.24) is 24.9 Å². The molecule has 5 heterocycles. The van der Waals surface area contributed by atoms with E-state index in [0.29, 0.717) is 23.4 Å². The lowest BCUT2D eigenvalue weighted by atomic mass is 9.89. The van der Waals surface area contributed by atoms with E-state index in [4.69, 9.17) is 10.3 Å². The number of pyridine rings is 2. The van der Waals surface area contributed by atoms with E-state index in [9.17, 15) is 4.79 Å². The molecule has 0 spiro atoms. The Bertz CT molecular complexity index is 1050. The van der Waals surface area contributed by atoms with Gasteiger partial charge < -0.3 is 15.2 Å². The third-order valence-electron chi connectivity index (χ3n) is 6.66. The highest BCUT2D eigenvalue weighted by molar-refractivity contribution is 5.79. The average Bonchev–Trinajstić information content (AvgIpc) is 3.24. The number of anilines is 1. The molecule has 3 aromatic heterocycles. The highest BCUT2D eigenvalue weighted by atomic mass is 16.5. The molecule has 0 aliphatic carbocycles. The Kier molecular flexibility index (Phi) is 5.55.